The van der Waals surface area contributed by atoms with Crippen molar-refractivity contribution in [2.45, 2.75) is 52.4 Å². The van der Waals surface area contributed by atoms with E-state index >= 15 is 0 Å². The molecule has 0 spiro atoms. The second-order valence-corrected chi connectivity index (χ2v) is 8.89. The monoisotopic (exact) mass is 366 g/mol. The van der Waals surface area contributed by atoms with Gasteiger partial charge in [0, 0.05) is 16.7 Å². The number of phenolic OH excluding ortho intramolecular Hbond substituents is 1. The van der Waals surface area contributed by atoms with E-state index in [1.807, 2.05) is 77.9 Å². The molecule has 0 aromatic heterocycles. The lowest BCUT2D eigenvalue weighted by atomic mass is 9.78. The quantitative estimate of drug-likeness (QED) is 0.542. The molecular weight excluding hydrogens is 336 g/mol. The van der Waals surface area contributed by atoms with E-state index in [0.717, 1.165) is 22.4 Å². The Hall–Kier alpha value is -2.55. The summed E-state index contributed by atoms with van der Waals surface area (Å²) < 4.78 is 5.15. The number of hydrogen-bond donors (Lipinski definition) is 1. The Morgan fingerprint density at radius 2 is 1.41 bits per heavy atom. The highest BCUT2D eigenvalue weighted by Crippen LogP contribution is 2.39. The van der Waals surface area contributed by atoms with Gasteiger partial charge in [-0.25, -0.2) is 0 Å². The summed E-state index contributed by atoms with van der Waals surface area (Å²) in [5, 5.41) is 10.8. The number of phenols is 1. The summed E-state index contributed by atoms with van der Waals surface area (Å²) in [7, 11) is 1.62. The first-order chi connectivity index (χ1) is 12.4. The normalized spacial score (nSPS) is 12.4. The molecule has 0 saturated carbocycles. The van der Waals surface area contributed by atoms with Crippen LogP contribution in [0.2, 0.25) is 0 Å². The molecule has 0 amide bonds. The highest BCUT2D eigenvalue weighted by atomic mass is 16.5. The lowest BCUT2D eigenvalue weighted by Gasteiger charge is -2.27. The molecule has 0 aliphatic heterocycles. The van der Waals surface area contributed by atoms with Crippen molar-refractivity contribution in [3.63, 3.8) is 0 Å². The second-order valence-electron chi connectivity index (χ2n) is 8.89. The molecule has 0 atom stereocenters. The third-order valence-electron chi connectivity index (χ3n) is 4.55. The molecule has 2 aromatic rings. The Kier molecular flexibility index (Phi) is 5.84. The fraction of sp³-hybridized carbons (Fsp3) is 0.375. The number of aromatic hydroxyl groups is 1. The summed E-state index contributed by atoms with van der Waals surface area (Å²) in [6, 6.07) is 11.2. The molecule has 2 aromatic carbocycles. The third-order valence-corrected chi connectivity index (χ3v) is 4.55. The van der Waals surface area contributed by atoms with Crippen LogP contribution in [0.3, 0.4) is 0 Å². The first-order valence-electron chi connectivity index (χ1n) is 9.18. The van der Waals surface area contributed by atoms with Crippen LogP contribution in [0.5, 0.6) is 11.5 Å². The van der Waals surface area contributed by atoms with E-state index in [2.05, 4.69) is 0 Å². The van der Waals surface area contributed by atoms with Gasteiger partial charge in [-0.15, -0.1) is 0 Å². The zero-order valence-electron chi connectivity index (χ0n) is 17.4. The fourth-order valence-electron chi connectivity index (χ4n) is 2.90. The molecule has 0 fully saturated rings. The molecule has 144 valence electrons. The van der Waals surface area contributed by atoms with Crippen molar-refractivity contribution in [2.75, 3.05) is 7.11 Å². The van der Waals surface area contributed by atoms with Crippen LogP contribution in [0.1, 0.15) is 68.6 Å². The zero-order chi connectivity index (χ0) is 20.4. The maximum absolute atomic E-state index is 12.8. The van der Waals surface area contributed by atoms with Crippen molar-refractivity contribution >= 4 is 11.9 Å². The molecule has 2 rings (SSSR count). The van der Waals surface area contributed by atoms with Crippen molar-refractivity contribution in [1.82, 2.24) is 0 Å². The van der Waals surface area contributed by atoms with Crippen LogP contribution in [-0.4, -0.2) is 18.0 Å². The number of carbonyl (C=O) groups is 1. The number of carbonyl (C=O) groups excluding carboxylic acids is 1. The minimum atomic E-state index is -0.264. The number of hydrogen-bond acceptors (Lipinski definition) is 3. The number of methoxy groups -OCH3 is 1. The van der Waals surface area contributed by atoms with Gasteiger partial charge in [0.25, 0.3) is 0 Å². The summed E-state index contributed by atoms with van der Waals surface area (Å²) in [5.74, 6) is 0.981. The SMILES string of the molecule is COc1ccc(/C=C\C(=O)c2cc(C(C)(C)C)c(O)c(C(C)(C)C)c2)cc1. The van der Waals surface area contributed by atoms with Crippen molar-refractivity contribution in [3.05, 3.63) is 64.7 Å². The first kappa shape index (κ1) is 20.8. The maximum Gasteiger partial charge on any atom is 0.185 e. The van der Waals surface area contributed by atoms with Gasteiger partial charge < -0.3 is 9.84 Å². The Labute approximate surface area is 162 Å². The van der Waals surface area contributed by atoms with E-state index in [0.29, 0.717) is 5.56 Å². The molecule has 0 heterocycles. The van der Waals surface area contributed by atoms with Crippen molar-refractivity contribution < 1.29 is 14.6 Å². The number of allylic oxidation sites excluding steroid dienone is 1. The topological polar surface area (TPSA) is 46.5 Å². The number of ketones is 1. The van der Waals surface area contributed by atoms with Crippen molar-refractivity contribution in [1.29, 1.82) is 0 Å². The standard InChI is InChI=1S/C24H30O3/c1-23(2,3)19-14-17(15-20(22(19)26)24(4,5)6)21(25)13-10-16-8-11-18(27-7)12-9-16/h8-15,26H,1-7H3/b13-10-. The molecule has 3 nitrogen and oxygen atoms in total. The predicted octanol–water partition coefficient (Wildman–Crippen LogP) is 5.89. The molecule has 0 aliphatic rings. The molecular formula is C24H30O3. The fourth-order valence-corrected chi connectivity index (χ4v) is 2.90. The number of ether oxygens (including phenoxy) is 1. The van der Waals surface area contributed by atoms with Gasteiger partial charge in [0.15, 0.2) is 5.78 Å². The average molecular weight is 367 g/mol. The average Bonchev–Trinajstić information content (AvgIpc) is 2.58. The van der Waals surface area contributed by atoms with Crippen LogP contribution in [-0.2, 0) is 10.8 Å². The lowest BCUT2D eigenvalue weighted by Crippen LogP contribution is -2.18. The van der Waals surface area contributed by atoms with E-state index < -0.39 is 0 Å². The second kappa shape index (κ2) is 7.59. The van der Waals surface area contributed by atoms with Gasteiger partial charge in [0.1, 0.15) is 11.5 Å². The Morgan fingerprint density at radius 1 is 0.926 bits per heavy atom. The number of rotatable bonds is 4. The first-order valence-corrected chi connectivity index (χ1v) is 9.18. The van der Waals surface area contributed by atoms with Crippen LogP contribution < -0.4 is 4.74 Å². The van der Waals surface area contributed by atoms with E-state index in [9.17, 15) is 9.90 Å². The minimum absolute atomic E-state index is 0.0816. The number of benzene rings is 2. The van der Waals surface area contributed by atoms with E-state index in [1.165, 1.54) is 0 Å². The summed E-state index contributed by atoms with van der Waals surface area (Å²) >= 11 is 0. The van der Waals surface area contributed by atoms with Crippen LogP contribution in [0.25, 0.3) is 6.08 Å². The highest BCUT2D eigenvalue weighted by molar-refractivity contribution is 6.07. The van der Waals surface area contributed by atoms with Crippen LogP contribution in [0.4, 0.5) is 0 Å². The highest BCUT2D eigenvalue weighted by Gasteiger charge is 2.27. The summed E-state index contributed by atoms with van der Waals surface area (Å²) in [6.45, 7) is 12.2. The van der Waals surface area contributed by atoms with Gasteiger partial charge in [-0.1, -0.05) is 59.8 Å². The van der Waals surface area contributed by atoms with E-state index in [1.54, 1.807) is 19.3 Å². The molecule has 1 N–H and O–H groups in total. The van der Waals surface area contributed by atoms with Crippen molar-refractivity contribution in [2.24, 2.45) is 0 Å². The molecule has 3 heteroatoms. The van der Waals surface area contributed by atoms with Crippen LogP contribution >= 0.6 is 0 Å². The summed E-state index contributed by atoms with van der Waals surface area (Å²) in [5.41, 5.74) is 2.56. The largest absolute Gasteiger partial charge is 0.507 e. The lowest BCUT2D eigenvalue weighted by molar-refractivity contribution is 0.104. The third kappa shape index (κ3) is 5.00. The molecule has 0 bridgehead atoms. The van der Waals surface area contributed by atoms with Gasteiger partial charge in [0.05, 0.1) is 7.11 Å². The smallest absolute Gasteiger partial charge is 0.185 e. The Balaban J connectivity index is 2.44. The minimum Gasteiger partial charge on any atom is -0.507 e. The predicted molar refractivity (Wildman–Crippen MR) is 112 cm³/mol. The molecule has 27 heavy (non-hydrogen) atoms. The molecule has 0 unspecified atom stereocenters. The summed E-state index contributed by atoms with van der Waals surface area (Å²) in [6.07, 6.45) is 3.37. The van der Waals surface area contributed by atoms with Crippen LogP contribution in [0.15, 0.2) is 42.5 Å². The van der Waals surface area contributed by atoms with Gasteiger partial charge >= 0.3 is 0 Å². The van der Waals surface area contributed by atoms with E-state index in [4.69, 9.17) is 4.74 Å². The maximum atomic E-state index is 12.8. The Morgan fingerprint density at radius 3 is 1.81 bits per heavy atom. The summed E-state index contributed by atoms with van der Waals surface area (Å²) in [4.78, 5) is 12.8. The van der Waals surface area contributed by atoms with Gasteiger partial charge in [0.2, 0.25) is 0 Å². The van der Waals surface area contributed by atoms with Crippen molar-refractivity contribution in [3.8, 4) is 11.5 Å². The van der Waals surface area contributed by atoms with Gasteiger partial charge in [-0.05, 0) is 46.7 Å². The molecule has 0 aliphatic carbocycles. The van der Waals surface area contributed by atoms with Crippen LogP contribution in [0, 0.1) is 0 Å². The van der Waals surface area contributed by atoms with Gasteiger partial charge in [-0.3, -0.25) is 4.79 Å². The van der Waals surface area contributed by atoms with Gasteiger partial charge in [-0.2, -0.15) is 0 Å². The molecule has 0 saturated heterocycles. The zero-order valence-corrected chi connectivity index (χ0v) is 17.4. The molecule has 0 radical (unpaired) electrons. The Bertz CT molecular complexity index is 810. The van der Waals surface area contributed by atoms with E-state index in [-0.39, 0.29) is 22.4 Å².